The predicted octanol–water partition coefficient (Wildman–Crippen LogP) is 2.40. The molecule has 2 rings (SSSR count). The van der Waals surface area contributed by atoms with Crippen LogP contribution in [0.4, 0.5) is 0 Å². The molecule has 21 heavy (non-hydrogen) atoms. The third-order valence-corrected chi connectivity index (χ3v) is 5.40. The van der Waals surface area contributed by atoms with Crippen LogP contribution in [0.25, 0.3) is 0 Å². The second-order valence-corrected chi connectivity index (χ2v) is 6.69. The normalized spacial score (nSPS) is 13.3. The van der Waals surface area contributed by atoms with Gasteiger partial charge >= 0.3 is 0 Å². The van der Waals surface area contributed by atoms with Crippen molar-refractivity contribution in [1.29, 1.82) is 0 Å². The minimum atomic E-state index is -3.56. The Labute approximate surface area is 126 Å². The summed E-state index contributed by atoms with van der Waals surface area (Å²) in [6.07, 6.45) is 0. The summed E-state index contributed by atoms with van der Waals surface area (Å²) in [6, 6.07) is 17.8. The molecule has 5 heteroatoms. The zero-order valence-electron chi connectivity index (χ0n) is 12.0. The Morgan fingerprint density at radius 3 is 2.05 bits per heavy atom. The highest BCUT2D eigenvalue weighted by Crippen LogP contribution is 2.26. The molecule has 0 amide bonds. The molecule has 0 radical (unpaired) electrons. The van der Waals surface area contributed by atoms with E-state index in [1.54, 1.807) is 30.3 Å². The Hall–Kier alpha value is -1.69. The molecule has 0 heterocycles. The topological polar surface area (TPSA) is 63.4 Å². The first kappa shape index (κ1) is 15.7. The summed E-state index contributed by atoms with van der Waals surface area (Å²) in [5.41, 5.74) is 6.56. The number of hydrogen-bond donors (Lipinski definition) is 1. The molecule has 0 saturated carbocycles. The summed E-state index contributed by atoms with van der Waals surface area (Å²) in [7, 11) is -3.56. The third-order valence-electron chi connectivity index (χ3n) is 3.41. The van der Waals surface area contributed by atoms with Gasteiger partial charge in [-0.05, 0) is 24.6 Å². The number of nitrogens with two attached hydrogens (primary N) is 1. The van der Waals surface area contributed by atoms with Gasteiger partial charge in [-0.3, -0.25) is 0 Å². The smallest absolute Gasteiger partial charge is 0.243 e. The van der Waals surface area contributed by atoms with Crippen molar-refractivity contribution in [3.05, 3.63) is 66.2 Å². The van der Waals surface area contributed by atoms with E-state index in [4.69, 9.17) is 5.73 Å². The average molecular weight is 304 g/mol. The van der Waals surface area contributed by atoms with Crippen LogP contribution in [-0.2, 0) is 10.0 Å². The summed E-state index contributed by atoms with van der Waals surface area (Å²) in [6.45, 7) is 2.45. The summed E-state index contributed by atoms with van der Waals surface area (Å²) < 4.78 is 27.1. The van der Waals surface area contributed by atoms with Gasteiger partial charge in [0, 0.05) is 19.1 Å². The molecule has 0 aliphatic rings. The van der Waals surface area contributed by atoms with Crippen molar-refractivity contribution >= 4 is 10.0 Å². The van der Waals surface area contributed by atoms with Crippen LogP contribution in [0.5, 0.6) is 0 Å². The van der Waals surface area contributed by atoms with E-state index < -0.39 is 10.0 Å². The lowest BCUT2D eigenvalue weighted by molar-refractivity contribution is 0.349. The molecule has 112 valence electrons. The minimum Gasteiger partial charge on any atom is -0.329 e. The van der Waals surface area contributed by atoms with Gasteiger partial charge in [-0.1, -0.05) is 48.5 Å². The highest BCUT2D eigenvalue weighted by atomic mass is 32.2. The van der Waals surface area contributed by atoms with Crippen LogP contribution < -0.4 is 5.73 Å². The van der Waals surface area contributed by atoms with E-state index >= 15 is 0 Å². The van der Waals surface area contributed by atoms with E-state index in [0.29, 0.717) is 4.90 Å². The molecule has 2 aromatic rings. The number of benzene rings is 2. The molecule has 2 N–H and O–H groups in total. The van der Waals surface area contributed by atoms with Crippen LogP contribution in [0, 0.1) is 0 Å². The zero-order chi connectivity index (χ0) is 15.3. The molecule has 0 aliphatic carbocycles. The van der Waals surface area contributed by atoms with Gasteiger partial charge in [0.2, 0.25) is 10.0 Å². The second-order valence-electron chi connectivity index (χ2n) is 4.80. The first-order valence-corrected chi connectivity index (χ1v) is 8.33. The van der Waals surface area contributed by atoms with Gasteiger partial charge in [0.25, 0.3) is 0 Å². The van der Waals surface area contributed by atoms with E-state index in [-0.39, 0.29) is 19.1 Å². The number of rotatable bonds is 6. The minimum absolute atomic E-state index is 0.264. The van der Waals surface area contributed by atoms with Crippen LogP contribution in [0.15, 0.2) is 65.6 Å². The van der Waals surface area contributed by atoms with Gasteiger partial charge in [0.1, 0.15) is 0 Å². The van der Waals surface area contributed by atoms with Crippen LogP contribution in [0.3, 0.4) is 0 Å². The lowest BCUT2D eigenvalue weighted by atomic mass is 10.1. The lowest BCUT2D eigenvalue weighted by Crippen LogP contribution is -2.37. The van der Waals surface area contributed by atoms with Crippen LogP contribution in [0.2, 0.25) is 0 Å². The van der Waals surface area contributed by atoms with Crippen molar-refractivity contribution in [2.45, 2.75) is 17.9 Å². The summed E-state index contributed by atoms with van der Waals surface area (Å²) >= 11 is 0. The summed E-state index contributed by atoms with van der Waals surface area (Å²) in [4.78, 5) is 0.293. The Bertz CT molecular complexity index is 657. The van der Waals surface area contributed by atoms with E-state index in [0.717, 1.165) is 5.56 Å². The Morgan fingerprint density at radius 2 is 1.52 bits per heavy atom. The molecule has 1 atom stereocenters. The van der Waals surface area contributed by atoms with Gasteiger partial charge in [0.15, 0.2) is 0 Å². The maximum Gasteiger partial charge on any atom is 0.243 e. The summed E-state index contributed by atoms with van der Waals surface area (Å²) in [5.74, 6) is 0. The Kier molecular flexibility index (Phi) is 5.12. The predicted molar refractivity (Wildman–Crippen MR) is 84.2 cm³/mol. The first-order chi connectivity index (χ1) is 10.1. The average Bonchev–Trinajstić information content (AvgIpc) is 2.53. The van der Waals surface area contributed by atoms with Gasteiger partial charge in [-0.25, -0.2) is 8.42 Å². The van der Waals surface area contributed by atoms with Gasteiger partial charge in [0.05, 0.1) is 4.90 Å². The van der Waals surface area contributed by atoms with E-state index in [9.17, 15) is 8.42 Å². The zero-order valence-corrected chi connectivity index (χ0v) is 12.8. The van der Waals surface area contributed by atoms with Crippen molar-refractivity contribution in [1.82, 2.24) is 4.31 Å². The molecule has 0 fully saturated rings. The molecule has 0 aromatic heterocycles. The SMILES string of the molecule is CC(c1ccccc1)N(CCN)S(=O)(=O)c1ccccc1. The van der Waals surface area contributed by atoms with E-state index in [1.165, 1.54) is 4.31 Å². The number of sulfonamides is 1. The highest BCUT2D eigenvalue weighted by Gasteiger charge is 2.28. The molecule has 0 bridgehead atoms. The van der Waals surface area contributed by atoms with E-state index in [2.05, 4.69) is 0 Å². The maximum absolute atomic E-state index is 12.8. The van der Waals surface area contributed by atoms with Crippen LogP contribution in [0.1, 0.15) is 18.5 Å². The molecule has 2 aromatic carbocycles. The molecular weight excluding hydrogens is 284 g/mol. The van der Waals surface area contributed by atoms with Crippen molar-refractivity contribution < 1.29 is 8.42 Å². The van der Waals surface area contributed by atoms with Crippen LogP contribution in [-0.4, -0.2) is 25.8 Å². The van der Waals surface area contributed by atoms with Crippen molar-refractivity contribution in [2.24, 2.45) is 5.73 Å². The van der Waals surface area contributed by atoms with Gasteiger partial charge in [-0.2, -0.15) is 4.31 Å². The Balaban J connectivity index is 2.39. The quantitative estimate of drug-likeness (QED) is 0.891. The molecule has 4 nitrogen and oxygen atoms in total. The van der Waals surface area contributed by atoms with Gasteiger partial charge in [-0.15, -0.1) is 0 Å². The largest absolute Gasteiger partial charge is 0.329 e. The summed E-state index contributed by atoms with van der Waals surface area (Å²) in [5, 5.41) is 0. The van der Waals surface area contributed by atoms with Gasteiger partial charge < -0.3 is 5.73 Å². The Morgan fingerprint density at radius 1 is 1.00 bits per heavy atom. The standard InChI is InChI=1S/C16H20N2O2S/c1-14(15-8-4-2-5-9-15)18(13-12-17)21(19,20)16-10-6-3-7-11-16/h2-11,14H,12-13,17H2,1H3. The molecular formula is C16H20N2O2S. The van der Waals surface area contributed by atoms with Crippen LogP contribution >= 0.6 is 0 Å². The van der Waals surface area contributed by atoms with Crippen molar-refractivity contribution in [2.75, 3.05) is 13.1 Å². The van der Waals surface area contributed by atoms with Crippen molar-refractivity contribution in [3.63, 3.8) is 0 Å². The molecule has 1 unspecified atom stereocenters. The monoisotopic (exact) mass is 304 g/mol. The first-order valence-electron chi connectivity index (χ1n) is 6.89. The number of hydrogen-bond acceptors (Lipinski definition) is 3. The third kappa shape index (κ3) is 3.50. The fraction of sp³-hybridized carbons (Fsp3) is 0.250. The molecule has 0 spiro atoms. The number of nitrogens with zero attached hydrogens (tertiary/aromatic N) is 1. The lowest BCUT2D eigenvalue weighted by Gasteiger charge is -2.28. The molecule has 0 aliphatic heterocycles. The fourth-order valence-electron chi connectivity index (χ4n) is 2.27. The van der Waals surface area contributed by atoms with Crippen molar-refractivity contribution in [3.8, 4) is 0 Å². The van der Waals surface area contributed by atoms with E-state index in [1.807, 2.05) is 37.3 Å². The fourth-order valence-corrected chi connectivity index (χ4v) is 3.93. The molecule has 0 saturated heterocycles. The second kappa shape index (κ2) is 6.85. The maximum atomic E-state index is 12.8. The highest BCUT2D eigenvalue weighted by molar-refractivity contribution is 7.89.